The molecule has 0 aliphatic rings. The van der Waals surface area contributed by atoms with Crippen molar-refractivity contribution in [2.75, 3.05) is 14.2 Å². The van der Waals surface area contributed by atoms with Crippen molar-refractivity contribution in [3.63, 3.8) is 0 Å². The van der Waals surface area contributed by atoms with Crippen molar-refractivity contribution in [2.45, 2.75) is 0 Å². The van der Waals surface area contributed by atoms with E-state index in [0.29, 0.717) is 0 Å². The number of hydrogen-bond donors (Lipinski definition) is 1. The maximum atomic E-state index is 10.6. The van der Waals surface area contributed by atoms with E-state index < -0.39 is 10.9 Å². The van der Waals surface area contributed by atoms with Gasteiger partial charge in [-0.15, -0.1) is 0 Å². The van der Waals surface area contributed by atoms with Crippen LogP contribution in [-0.2, 0) is 4.74 Å². The number of nitro groups is 1. The second kappa shape index (κ2) is 7.12. The Labute approximate surface area is 106 Å². The van der Waals surface area contributed by atoms with E-state index in [1.165, 1.54) is 18.2 Å². The molecule has 7 heteroatoms. The first kappa shape index (κ1) is 14.8. The van der Waals surface area contributed by atoms with Crippen molar-refractivity contribution >= 4 is 34.2 Å². The molecule has 0 unspecified atom stereocenters. The van der Waals surface area contributed by atoms with Crippen LogP contribution in [0.4, 0.5) is 5.69 Å². The van der Waals surface area contributed by atoms with E-state index in [-0.39, 0.29) is 14.8 Å². The van der Waals surface area contributed by atoms with E-state index in [4.69, 9.17) is 5.11 Å². The number of carboxylic acid groups (broad SMARTS) is 1. The summed E-state index contributed by atoms with van der Waals surface area (Å²) in [5.41, 5.74) is -0.227. The molecule has 0 aliphatic carbocycles. The molecule has 0 saturated heterocycles. The van der Waals surface area contributed by atoms with Gasteiger partial charge in [-0.05, 0) is 28.7 Å². The molecule has 88 valence electrons. The van der Waals surface area contributed by atoms with Gasteiger partial charge in [-0.2, -0.15) is 0 Å². The van der Waals surface area contributed by atoms with Crippen LogP contribution in [0.1, 0.15) is 10.4 Å². The van der Waals surface area contributed by atoms with Gasteiger partial charge in [0.2, 0.25) is 0 Å². The van der Waals surface area contributed by atoms with Crippen molar-refractivity contribution in [3.05, 3.63) is 37.4 Å². The van der Waals surface area contributed by atoms with Gasteiger partial charge < -0.3 is 9.84 Å². The van der Waals surface area contributed by atoms with E-state index in [1.807, 2.05) is 0 Å². The Kier molecular flexibility index (Phi) is 6.58. The predicted octanol–water partition coefficient (Wildman–Crippen LogP) is 2.16. The summed E-state index contributed by atoms with van der Waals surface area (Å²) < 4.78 is 4.40. The molecule has 0 amide bonds. The van der Waals surface area contributed by atoms with Crippen molar-refractivity contribution in [1.29, 1.82) is 0 Å². The van der Waals surface area contributed by atoms with Crippen LogP contribution < -0.4 is 0 Å². The van der Waals surface area contributed by atoms with Crippen LogP contribution in [0.15, 0.2) is 18.2 Å². The van der Waals surface area contributed by atoms with Crippen molar-refractivity contribution < 1.29 is 19.6 Å². The fourth-order valence-electron chi connectivity index (χ4n) is 0.826. The standard InChI is InChI=1S/C7H4INO4.C2H6O/c8-6-4(7(10)11)2-1-3-5(6)9(12)13;1-3-2/h1-3H,(H,10,11);1-2H3. The zero-order valence-corrected chi connectivity index (χ0v) is 10.8. The number of rotatable bonds is 2. The lowest BCUT2D eigenvalue weighted by Gasteiger charge is -1.98. The summed E-state index contributed by atoms with van der Waals surface area (Å²) in [6, 6.07) is 3.95. The number of methoxy groups -OCH3 is 1. The highest BCUT2D eigenvalue weighted by molar-refractivity contribution is 14.1. The summed E-state index contributed by atoms with van der Waals surface area (Å²) in [6.45, 7) is 0. The number of hydrogen-bond acceptors (Lipinski definition) is 4. The Hall–Kier alpha value is -1.22. The minimum atomic E-state index is -1.16. The Morgan fingerprint density at radius 3 is 2.38 bits per heavy atom. The summed E-state index contributed by atoms with van der Waals surface area (Å²) in [6.07, 6.45) is 0. The number of ether oxygens (including phenoxy) is 1. The molecule has 1 N–H and O–H groups in total. The SMILES string of the molecule is COC.O=C(O)c1cccc([N+](=O)[O-])c1I. The van der Waals surface area contributed by atoms with Gasteiger partial charge in [0.1, 0.15) is 3.57 Å². The molecular weight excluding hydrogens is 329 g/mol. The maximum absolute atomic E-state index is 10.6. The highest BCUT2D eigenvalue weighted by Crippen LogP contribution is 2.23. The molecule has 1 aromatic carbocycles. The third kappa shape index (κ3) is 4.11. The third-order valence-electron chi connectivity index (χ3n) is 1.41. The Balaban J connectivity index is 0.000000673. The van der Waals surface area contributed by atoms with Crippen LogP contribution in [-0.4, -0.2) is 30.2 Å². The monoisotopic (exact) mass is 339 g/mol. The number of aromatic carboxylic acids is 1. The van der Waals surface area contributed by atoms with Gasteiger partial charge >= 0.3 is 5.97 Å². The molecule has 1 rings (SSSR count). The first-order chi connectivity index (χ1) is 7.45. The summed E-state index contributed by atoms with van der Waals surface area (Å²) >= 11 is 1.65. The first-order valence-corrected chi connectivity index (χ1v) is 5.09. The smallest absolute Gasteiger partial charge is 0.337 e. The Morgan fingerprint density at radius 1 is 1.50 bits per heavy atom. The topological polar surface area (TPSA) is 89.7 Å². The van der Waals surface area contributed by atoms with E-state index >= 15 is 0 Å². The highest BCUT2D eigenvalue weighted by atomic mass is 127. The molecule has 0 aliphatic heterocycles. The van der Waals surface area contributed by atoms with Gasteiger partial charge in [-0.1, -0.05) is 6.07 Å². The molecule has 0 saturated carbocycles. The fourth-order valence-corrected chi connectivity index (χ4v) is 1.61. The van der Waals surface area contributed by atoms with Gasteiger partial charge in [0, 0.05) is 20.3 Å². The fraction of sp³-hybridized carbons (Fsp3) is 0.222. The lowest BCUT2D eigenvalue weighted by atomic mass is 10.2. The van der Waals surface area contributed by atoms with Crippen LogP contribution >= 0.6 is 22.6 Å². The average molecular weight is 339 g/mol. The van der Waals surface area contributed by atoms with Crippen molar-refractivity contribution in [3.8, 4) is 0 Å². The zero-order chi connectivity index (χ0) is 12.7. The number of halogens is 1. The molecule has 0 atom stereocenters. The van der Waals surface area contributed by atoms with Crippen molar-refractivity contribution in [2.24, 2.45) is 0 Å². The van der Waals surface area contributed by atoms with Crippen LogP contribution in [0.3, 0.4) is 0 Å². The Morgan fingerprint density at radius 2 is 2.00 bits per heavy atom. The molecule has 0 aromatic heterocycles. The van der Waals surface area contributed by atoms with Crippen LogP contribution in [0.2, 0.25) is 0 Å². The molecular formula is C9H10INO5. The summed E-state index contributed by atoms with van der Waals surface area (Å²) in [5.74, 6) is -1.16. The van der Waals surface area contributed by atoms with Gasteiger partial charge in [0.15, 0.2) is 0 Å². The third-order valence-corrected chi connectivity index (χ3v) is 2.54. The molecule has 0 heterocycles. The van der Waals surface area contributed by atoms with E-state index in [1.54, 1.807) is 36.8 Å². The molecule has 0 fully saturated rings. The quantitative estimate of drug-likeness (QED) is 0.507. The summed E-state index contributed by atoms with van der Waals surface area (Å²) in [4.78, 5) is 20.4. The van der Waals surface area contributed by atoms with Crippen molar-refractivity contribution in [1.82, 2.24) is 0 Å². The number of nitro benzene ring substituents is 1. The normalized spacial score (nSPS) is 8.94. The molecule has 0 radical (unpaired) electrons. The van der Waals surface area contributed by atoms with E-state index in [0.717, 1.165) is 0 Å². The number of nitrogens with zero attached hydrogens (tertiary/aromatic N) is 1. The highest BCUT2D eigenvalue weighted by Gasteiger charge is 2.18. The molecule has 0 bridgehead atoms. The second-order valence-corrected chi connectivity index (χ2v) is 3.69. The number of benzene rings is 1. The van der Waals surface area contributed by atoms with Gasteiger partial charge in [0.05, 0.1) is 10.5 Å². The largest absolute Gasteiger partial charge is 0.478 e. The number of carbonyl (C=O) groups is 1. The minimum Gasteiger partial charge on any atom is -0.478 e. The van der Waals surface area contributed by atoms with Gasteiger partial charge in [-0.3, -0.25) is 10.1 Å². The van der Waals surface area contributed by atoms with Crippen LogP contribution in [0.25, 0.3) is 0 Å². The minimum absolute atomic E-state index is 0.0465. The number of carboxylic acids is 1. The van der Waals surface area contributed by atoms with E-state index in [2.05, 4.69) is 4.74 Å². The second-order valence-electron chi connectivity index (χ2n) is 2.61. The van der Waals surface area contributed by atoms with Gasteiger partial charge in [-0.25, -0.2) is 4.79 Å². The summed E-state index contributed by atoms with van der Waals surface area (Å²) in [7, 11) is 3.25. The van der Waals surface area contributed by atoms with E-state index in [9.17, 15) is 14.9 Å². The predicted molar refractivity (Wildman–Crippen MR) is 65.7 cm³/mol. The molecule has 6 nitrogen and oxygen atoms in total. The lowest BCUT2D eigenvalue weighted by molar-refractivity contribution is -0.385. The molecule has 16 heavy (non-hydrogen) atoms. The average Bonchev–Trinajstić information content (AvgIpc) is 2.18. The van der Waals surface area contributed by atoms with Gasteiger partial charge in [0.25, 0.3) is 5.69 Å². The van der Waals surface area contributed by atoms with Crippen LogP contribution in [0.5, 0.6) is 0 Å². The molecule has 1 aromatic rings. The summed E-state index contributed by atoms with van der Waals surface area (Å²) in [5, 5.41) is 19.0. The maximum Gasteiger partial charge on any atom is 0.337 e. The van der Waals surface area contributed by atoms with Crippen LogP contribution in [0, 0.1) is 13.7 Å². The lowest BCUT2D eigenvalue weighted by Crippen LogP contribution is -2.02. The first-order valence-electron chi connectivity index (χ1n) is 4.02. The Bertz CT molecular complexity index is 361. The molecule has 0 spiro atoms. The zero-order valence-electron chi connectivity index (χ0n) is 8.64.